The maximum atomic E-state index is 13.6. The molecule has 3 aromatic heterocycles. The van der Waals surface area contributed by atoms with E-state index in [1.54, 1.807) is 18.5 Å². The van der Waals surface area contributed by atoms with E-state index in [2.05, 4.69) is 31.0 Å². The van der Waals surface area contributed by atoms with Crippen molar-refractivity contribution in [2.75, 3.05) is 37.9 Å². The van der Waals surface area contributed by atoms with Gasteiger partial charge in [-0.3, -0.25) is 19.3 Å². The minimum atomic E-state index is -1.28. The summed E-state index contributed by atoms with van der Waals surface area (Å²) in [7, 11) is 3.84. The van der Waals surface area contributed by atoms with E-state index >= 15 is 0 Å². The van der Waals surface area contributed by atoms with Crippen LogP contribution in [0, 0.1) is 5.92 Å². The number of carbonyl (C=O) groups excluding carboxylic acids is 2. The SMILES string of the molecule is CC(C)C(O/N=C(\C(=O)N[C@@H]1C(=O)N2C(C(=O)O)=C(CSc3nnnn3CCN(C)C)CS[C@H]12)c1csc(N)n1)c1cc(=O)c(O)cn1O. The van der Waals surface area contributed by atoms with E-state index < -0.39 is 52.4 Å². The summed E-state index contributed by atoms with van der Waals surface area (Å²) in [5.41, 5.74) is 5.02. The van der Waals surface area contributed by atoms with Gasteiger partial charge in [0.25, 0.3) is 11.8 Å². The highest BCUT2D eigenvalue weighted by Crippen LogP contribution is 2.41. The smallest absolute Gasteiger partial charge is 0.352 e. The number of nitrogen functional groups attached to an aromatic ring is 1. The number of carbonyl (C=O) groups is 3. The molecular weight excluding hydrogens is 703 g/mol. The molecular formula is C27H33N11O8S3. The summed E-state index contributed by atoms with van der Waals surface area (Å²) >= 11 is 3.58. The monoisotopic (exact) mass is 735 g/mol. The van der Waals surface area contributed by atoms with Gasteiger partial charge in [-0.15, -0.1) is 28.2 Å². The maximum absolute atomic E-state index is 13.6. The summed E-state index contributed by atoms with van der Waals surface area (Å²) in [6.45, 7) is 4.67. The number of oxime groups is 1. The normalized spacial score (nSPS) is 18.4. The fourth-order valence-corrected chi connectivity index (χ4v) is 7.80. The summed E-state index contributed by atoms with van der Waals surface area (Å²) in [6.07, 6.45) is -0.256. The lowest BCUT2D eigenvalue weighted by Gasteiger charge is -2.49. The summed E-state index contributed by atoms with van der Waals surface area (Å²) < 4.78 is 2.15. The van der Waals surface area contributed by atoms with Gasteiger partial charge in [0.15, 0.2) is 22.7 Å². The quantitative estimate of drug-likeness (QED) is 0.0481. The first kappa shape index (κ1) is 35.6. The van der Waals surface area contributed by atoms with Crippen LogP contribution in [0.4, 0.5) is 5.13 Å². The van der Waals surface area contributed by atoms with Crippen LogP contribution >= 0.6 is 34.9 Å². The molecule has 0 aliphatic carbocycles. The van der Waals surface area contributed by atoms with Crippen LogP contribution in [0.25, 0.3) is 0 Å². The molecule has 5 heterocycles. The van der Waals surface area contributed by atoms with E-state index in [4.69, 9.17) is 10.6 Å². The molecule has 0 bridgehead atoms. The minimum absolute atomic E-state index is 0.0351. The molecule has 1 saturated heterocycles. The van der Waals surface area contributed by atoms with Crippen molar-refractivity contribution in [1.82, 2.24) is 45.0 Å². The van der Waals surface area contributed by atoms with E-state index in [9.17, 15) is 34.6 Å². The van der Waals surface area contributed by atoms with Crippen molar-refractivity contribution in [2.45, 2.75) is 43.1 Å². The summed E-state index contributed by atoms with van der Waals surface area (Å²) in [5, 5.41) is 49.9. The molecule has 1 unspecified atom stereocenters. The van der Waals surface area contributed by atoms with Crippen LogP contribution in [0.1, 0.15) is 31.3 Å². The number of nitrogens with two attached hydrogens (primary N) is 1. The molecule has 49 heavy (non-hydrogen) atoms. The van der Waals surface area contributed by atoms with Crippen molar-refractivity contribution >= 4 is 63.5 Å². The number of anilines is 1. The fourth-order valence-electron chi connectivity index (χ4n) is 4.86. The number of aliphatic carboxylic acids is 1. The number of hydrogen-bond acceptors (Lipinski definition) is 17. The number of tetrazole rings is 1. The second kappa shape index (κ2) is 14.8. The average Bonchev–Trinajstić information content (AvgIpc) is 3.69. The highest BCUT2D eigenvalue weighted by molar-refractivity contribution is 8.01. The largest absolute Gasteiger partial charge is 0.503 e. The molecule has 1 fully saturated rings. The van der Waals surface area contributed by atoms with Gasteiger partial charge >= 0.3 is 5.97 Å². The van der Waals surface area contributed by atoms with Crippen LogP contribution in [-0.2, 0) is 25.8 Å². The van der Waals surface area contributed by atoms with E-state index in [0.717, 1.165) is 28.5 Å². The number of aromatic nitrogens is 6. The number of thiazole rings is 1. The molecule has 0 aromatic carbocycles. The second-order valence-corrected chi connectivity index (χ2v) is 14.4. The van der Waals surface area contributed by atoms with Gasteiger partial charge in [0, 0.05) is 29.5 Å². The number of fused-ring (bicyclic) bond motifs is 1. The molecule has 3 aromatic rings. The van der Waals surface area contributed by atoms with Gasteiger partial charge in [-0.05, 0) is 36.0 Å². The Bertz CT molecular complexity index is 1870. The predicted octanol–water partition coefficient (Wildman–Crippen LogP) is 0.0269. The van der Waals surface area contributed by atoms with Crippen LogP contribution in [-0.4, -0.2) is 122 Å². The van der Waals surface area contributed by atoms with Crippen LogP contribution in [0.15, 0.2) is 44.0 Å². The lowest BCUT2D eigenvalue weighted by atomic mass is 10.0. The van der Waals surface area contributed by atoms with Crippen LogP contribution < -0.4 is 16.5 Å². The van der Waals surface area contributed by atoms with Crippen LogP contribution in [0.2, 0.25) is 0 Å². The zero-order valence-electron chi connectivity index (χ0n) is 26.6. The summed E-state index contributed by atoms with van der Waals surface area (Å²) in [5.74, 6) is -3.35. The van der Waals surface area contributed by atoms with Crippen molar-refractivity contribution in [2.24, 2.45) is 11.1 Å². The van der Waals surface area contributed by atoms with Crippen molar-refractivity contribution in [1.29, 1.82) is 0 Å². The molecule has 5 rings (SSSR count). The molecule has 2 amide bonds. The van der Waals surface area contributed by atoms with Gasteiger partial charge in [-0.1, -0.05) is 30.8 Å². The number of carboxylic acid groups (broad SMARTS) is 1. The molecule has 3 atom stereocenters. The number of nitrogens with zero attached hydrogens (tertiary/aromatic N) is 9. The highest BCUT2D eigenvalue weighted by Gasteiger charge is 2.54. The zero-order valence-corrected chi connectivity index (χ0v) is 29.0. The van der Waals surface area contributed by atoms with Gasteiger partial charge in [-0.2, -0.15) is 4.73 Å². The number of aromatic hydroxyl groups is 1. The Kier molecular flexibility index (Phi) is 10.8. The predicted molar refractivity (Wildman–Crippen MR) is 178 cm³/mol. The number of pyridine rings is 1. The Labute approximate surface area is 290 Å². The molecule has 0 saturated carbocycles. The van der Waals surface area contributed by atoms with Crippen molar-refractivity contribution in [3.8, 4) is 5.75 Å². The Morgan fingerprint density at radius 3 is 2.71 bits per heavy atom. The van der Waals surface area contributed by atoms with E-state index in [1.807, 2.05) is 19.0 Å². The number of rotatable bonds is 14. The third kappa shape index (κ3) is 7.66. The molecule has 19 nitrogen and oxygen atoms in total. The first-order valence-electron chi connectivity index (χ1n) is 14.6. The lowest BCUT2D eigenvalue weighted by molar-refractivity contribution is -0.150. The molecule has 6 N–H and O–H groups in total. The number of thioether (sulfide) groups is 2. The third-order valence-electron chi connectivity index (χ3n) is 7.34. The number of β-lactam (4-membered cyclic amide) rings is 1. The second-order valence-electron chi connectivity index (χ2n) is 11.5. The topological polar surface area (TPSA) is 257 Å². The third-order valence-corrected chi connectivity index (χ3v) is 10.4. The molecule has 0 spiro atoms. The average molecular weight is 736 g/mol. The molecule has 22 heteroatoms. The Morgan fingerprint density at radius 1 is 1.31 bits per heavy atom. The van der Waals surface area contributed by atoms with Gasteiger partial charge in [0.2, 0.25) is 10.6 Å². The zero-order chi connectivity index (χ0) is 35.6. The van der Waals surface area contributed by atoms with E-state index in [1.165, 1.54) is 28.9 Å². The number of hydrogen-bond donors (Lipinski definition) is 5. The summed E-state index contributed by atoms with van der Waals surface area (Å²) in [6, 6.07) is -0.119. The Balaban J connectivity index is 1.34. The molecule has 262 valence electrons. The van der Waals surface area contributed by atoms with Crippen molar-refractivity contribution in [3.63, 3.8) is 0 Å². The maximum Gasteiger partial charge on any atom is 0.352 e. The van der Waals surface area contributed by atoms with Gasteiger partial charge in [0.05, 0.1) is 12.7 Å². The van der Waals surface area contributed by atoms with Gasteiger partial charge in [0.1, 0.15) is 28.5 Å². The molecule has 2 aliphatic heterocycles. The van der Waals surface area contributed by atoms with Crippen molar-refractivity contribution < 1.29 is 34.6 Å². The molecule has 0 radical (unpaired) electrons. The van der Waals surface area contributed by atoms with Gasteiger partial charge in [-0.25, -0.2) is 14.5 Å². The minimum Gasteiger partial charge on any atom is -0.503 e. The lowest BCUT2D eigenvalue weighted by Crippen LogP contribution is -2.71. The first-order valence-corrected chi connectivity index (χ1v) is 17.5. The Morgan fingerprint density at radius 2 is 2.06 bits per heavy atom. The number of nitrogens with one attached hydrogen (secondary N) is 1. The summed E-state index contributed by atoms with van der Waals surface area (Å²) in [4.78, 5) is 64.4. The number of likely N-dealkylation sites (N-methyl/N-ethyl adjacent to an activating group) is 1. The van der Waals surface area contributed by atoms with E-state index in [0.29, 0.717) is 28.5 Å². The molecule has 2 aliphatic rings. The van der Waals surface area contributed by atoms with Crippen LogP contribution in [0.3, 0.4) is 0 Å². The Hall–Kier alpha value is -4.67. The van der Waals surface area contributed by atoms with Gasteiger partial charge < -0.3 is 36.2 Å². The number of amides is 2. The van der Waals surface area contributed by atoms with E-state index in [-0.39, 0.29) is 39.4 Å². The van der Waals surface area contributed by atoms with Crippen molar-refractivity contribution in [3.05, 3.63) is 50.5 Å². The first-order chi connectivity index (χ1) is 23.3. The number of carboxylic acids is 1. The standard InChI is InChI=1S/C27H33N11O8S3/c1-12(2)21(15-7-16(39)17(40)8-37(15)45)46-32-18(14-11-48-26(28)29-14)22(41)30-19-23(42)38-20(25(43)44)13(9-47-24(19)38)10-49-27-31-33-34-36(27)6-5-35(3)4/h7-8,11-12,19,21,24,40,45H,5-6,9-10H2,1-4H3,(H2,28,29)(H,30,41)(H,43,44)/b32-18-/t19-,21?,24-/m1/s1. The fraction of sp³-hybridized carbons (Fsp3) is 0.444. The van der Waals surface area contributed by atoms with Crippen LogP contribution in [0.5, 0.6) is 5.75 Å². The highest BCUT2D eigenvalue weighted by atomic mass is 32.2.